The van der Waals surface area contributed by atoms with Gasteiger partial charge in [0.1, 0.15) is 0 Å². The number of terminal acetylenes is 1. The minimum Gasteiger partial charge on any atom is -0.314 e. The van der Waals surface area contributed by atoms with E-state index in [-0.39, 0.29) is 0 Å². The van der Waals surface area contributed by atoms with E-state index in [1.54, 1.807) is 0 Å². The van der Waals surface area contributed by atoms with E-state index in [0.717, 1.165) is 6.42 Å². The summed E-state index contributed by atoms with van der Waals surface area (Å²) in [5.74, 6) is 2.47. The molecule has 2 N–H and O–H groups in total. The Kier molecular flexibility index (Phi) is 5.22. The fraction of sp³-hybridized carbons (Fsp3) is 0.800. The summed E-state index contributed by atoms with van der Waals surface area (Å²) < 4.78 is 27.8. The Morgan fingerprint density at radius 1 is 1.50 bits per heavy atom. The van der Waals surface area contributed by atoms with Crippen LogP contribution in [0.15, 0.2) is 0 Å². The lowest BCUT2D eigenvalue weighted by Crippen LogP contribution is -2.52. The molecule has 1 saturated heterocycles. The Hall–Kier alpha value is -0.610. The van der Waals surface area contributed by atoms with Crippen molar-refractivity contribution in [1.82, 2.24) is 14.3 Å². The van der Waals surface area contributed by atoms with Gasteiger partial charge in [0.2, 0.25) is 0 Å². The first kappa shape index (κ1) is 13.5. The van der Waals surface area contributed by atoms with Crippen LogP contribution in [0.5, 0.6) is 0 Å². The summed E-state index contributed by atoms with van der Waals surface area (Å²) in [6, 6.07) is -0.398. The fourth-order valence-electron chi connectivity index (χ4n) is 1.60. The Bertz CT molecular complexity index is 342. The SMILES string of the molecule is C#CC(CCC)NS(=O)(=O)N1CCNCC1. The van der Waals surface area contributed by atoms with Crippen LogP contribution in [0, 0.1) is 12.3 Å². The average molecular weight is 245 g/mol. The second-order valence-electron chi connectivity index (χ2n) is 3.78. The van der Waals surface area contributed by atoms with Crippen molar-refractivity contribution in [1.29, 1.82) is 0 Å². The number of piperazine rings is 1. The third kappa shape index (κ3) is 3.76. The molecule has 1 heterocycles. The predicted octanol–water partition coefficient (Wildman–Crippen LogP) is -0.472. The molecule has 0 aromatic rings. The van der Waals surface area contributed by atoms with Gasteiger partial charge in [0.05, 0.1) is 6.04 Å². The number of nitrogens with zero attached hydrogens (tertiary/aromatic N) is 1. The van der Waals surface area contributed by atoms with Gasteiger partial charge in [0.25, 0.3) is 10.2 Å². The van der Waals surface area contributed by atoms with E-state index >= 15 is 0 Å². The lowest BCUT2D eigenvalue weighted by Gasteiger charge is -2.27. The van der Waals surface area contributed by atoms with Gasteiger partial charge in [-0.15, -0.1) is 6.42 Å². The van der Waals surface area contributed by atoms with Crippen molar-refractivity contribution in [3.8, 4) is 12.3 Å². The van der Waals surface area contributed by atoms with E-state index in [9.17, 15) is 8.42 Å². The van der Waals surface area contributed by atoms with Crippen LogP contribution in [0.1, 0.15) is 19.8 Å². The second-order valence-corrected chi connectivity index (χ2v) is 5.48. The van der Waals surface area contributed by atoms with Gasteiger partial charge in [-0.05, 0) is 6.42 Å². The first-order valence-corrected chi connectivity index (χ1v) is 6.98. The molecular formula is C10H19N3O2S. The van der Waals surface area contributed by atoms with E-state index in [2.05, 4.69) is 16.0 Å². The highest BCUT2D eigenvalue weighted by Crippen LogP contribution is 2.04. The topological polar surface area (TPSA) is 61.4 Å². The normalized spacial score (nSPS) is 20.2. The molecule has 0 amide bonds. The molecule has 0 aliphatic carbocycles. The van der Waals surface area contributed by atoms with Crippen molar-refractivity contribution < 1.29 is 8.42 Å². The highest BCUT2D eigenvalue weighted by atomic mass is 32.2. The van der Waals surface area contributed by atoms with Gasteiger partial charge in [-0.25, -0.2) is 0 Å². The number of hydrogen-bond acceptors (Lipinski definition) is 3. The van der Waals surface area contributed by atoms with Crippen molar-refractivity contribution in [3.63, 3.8) is 0 Å². The quantitative estimate of drug-likeness (QED) is 0.644. The molecule has 0 radical (unpaired) electrons. The van der Waals surface area contributed by atoms with Gasteiger partial charge < -0.3 is 5.32 Å². The molecule has 0 saturated carbocycles. The van der Waals surface area contributed by atoms with Crippen molar-refractivity contribution in [2.24, 2.45) is 0 Å². The molecule has 6 heteroatoms. The maximum absolute atomic E-state index is 11.9. The Labute approximate surface area is 97.8 Å². The highest BCUT2D eigenvalue weighted by Gasteiger charge is 2.25. The summed E-state index contributed by atoms with van der Waals surface area (Å²) in [6.07, 6.45) is 6.82. The molecule has 92 valence electrons. The van der Waals surface area contributed by atoms with Gasteiger partial charge in [-0.2, -0.15) is 17.4 Å². The molecule has 5 nitrogen and oxygen atoms in total. The molecule has 16 heavy (non-hydrogen) atoms. The smallest absolute Gasteiger partial charge is 0.280 e. The summed E-state index contributed by atoms with van der Waals surface area (Å²) in [5, 5.41) is 3.11. The zero-order valence-electron chi connectivity index (χ0n) is 9.57. The molecule has 1 aliphatic heterocycles. The highest BCUT2D eigenvalue weighted by molar-refractivity contribution is 7.87. The minimum absolute atomic E-state index is 0.398. The Morgan fingerprint density at radius 2 is 2.12 bits per heavy atom. The molecule has 1 aliphatic rings. The van der Waals surface area contributed by atoms with Crippen LogP contribution in [-0.2, 0) is 10.2 Å². The molecule has 0 aromatic carbocycles. The summed E-state index contributed by atoms with van der Waals surface area (Å²) in [6.45, 7) is 4.35. The first-order chi connectivity index (χ1) is 7.60. The van der Waals surface area contributed by atoms with Gasteiger partial charge in [0, 0.05) is 26.2 Å². The van der Waals surface area contributed by atoms with Crippen molar-refractivity contribution in [3.05, 3.63) is 0 Å². The molecule has 0 bridgehead atoms. The molecule has 1 atom stereocenters. The third-order valence-corrected chi connectivity index (χ3v) is 4.11. The lowest BCUT2D eigenvalue weighted by molar-refractivity contribution is 0.353. The summed E-state index contributed by atoms with van der Waals surface area (Å²) in [4.78, 5) is 0. The third-order valence-electron chi connectivity index (χ3n) is 2.49. The number of rotatable bonds is 5. The van der Waals surface area contributed by atoms with E-state index in [0.29, 0.717) is 32.6 Å². The van der Waals surface area contributed by atoms with Gasteiger partial charge in [0.15, 0.2) is 0 Å². The van der Waals surface area contributed by atoms with Crippen molar-refractivity contribution in [2.45, 2.75) is 25.8 Å². The maximum Gasteiger partial charge on any atom is 0.280 e. The summed E-state index contributed by atoms with van der Waals surface area (Å²) >= 11 is 0. The minimum atomic E-state index is -3.42. The van der Waals surface area contributed by atoms with Crippen LogP contribution in [-0.4, -0.2) is 44.9 Å². The number of nitrogens with one attached hydrogen (secondary N) is 2. The van der Waals surface area contributed by atoms with E-state index < -0.39 is 16.3 Å². The fourth-order valence-corrected chi connectivity index (χ4v) is 2.96. The maximum atomic E-state index is 11.9. The van der Waals surface area contributed by atoms with Crippen LogP contribution in [0.2, 0.25) is 0 Å². The monoisotopic (exact) mass is 245 g/mol. The van der Waals surface area contributed by atoms with Crippen LogP contribution in [0.4, 0.5) is 0 Å². The molecule has 0 aromatic heterocycles. The molecule has 1 fully saturated rings. The summed E-state index contributed by atoms with van der Waals surface area (Å²) in [7, 11) is -3.42. The van der Waals surface area contributed by atoms with Gasteiger partial charge in [-0.1, -0.05) is 19.3 Å². The van der Waals surface area contributed by atoms with E-state index in [1.165, 1.54) is 4.31 Å². The predicted molar refractivity (Wildman–Crippen MR) is 64.0 cm³/mol. The molecule has 0 spiro atoms. The first-order valence-electron chi connectivity index (χ1n) is 5.54. The standard InChI is InChI=1S/C10H19N3O2S/c1-3-5-10(4-2)12-16(14,15)13-8-6-11-7-9-13/h2,10-12H,3,5-9H2,1H3. The van der Waals surface area contributed by atoms with Crippen LogP contribution in [0.3, 0.4) is 0 Å². The molecular weight excluding hydrogens is 226 g/mol. The van der Waals surface area contributed by atoms with E-state index in [4.69, 9.17) is 6.42 Å². The zero-order chi connectivity index (χ0) is 12.0. The average Bonchev–Trinajstić information content (AvgIpc) is 2.29. The molecule has 1 unspecified atom stereocenters. The number of hydrogen-bond donors (Lipinski definition) is 2. The largest absolute Gasteiger partial charge is 0.314 e. The van der Waals surface area contributed by atoms with Crippen LogP contribution >= 0.6 is 0 Å². The Morgan fingerprint density at radius 3 is 2.62 bits per heavy atom. The lowest BCUT2D eigenvalue weighted by atomic mass is 10.2. The van der Waals surface area contributed by atoms with Crippen molar-refractivity contribution in [2.75, 3.05) is 26.2 Å². The van der Waals surface area contributed by atoms with E-state index in [1.807, 2.05) is 6.92 Å². The van der Waals surface area contributed by atoms with Gasteiger partial charge >= 0.3 is 0 Å². The van der Waals surface area contributed by atoms with Crippen LogP contribution in [0.25, 0.3) is 0 Å². The van der Waals surface area contributed by atoms with Gasteiger partial charge in [-0.3, -0.25) is 0 Å². The Balaban J connectivity index is 2.59. The zero-order valence-corrected chi connectivity index (χ0v) is 10.4. The molecule has 1 rings (SSSR count). The van der Waals surface area contributed by atoms with Crippen molar-refractivity contribution >= 4 is 10.2 Å². The summed E-state index contributed by atoms with van der Waals surface area (Å²) in [5.41, 5.74) is 0. The van der Waals surface area contributed by atoms with Crippen LogP contribution < -0.4 is 10.0 Å². The second kappa shape index (κ2) is 6.21.